The Bertz CT molecular complexity index is 1130. The van der Waals surface area contributed by atoms with E-state index in [2.05, 4.69) is 10.1 Å². The van der Waals surface area contributed by atoms with Crippen molar-refractivity contribution in [3.8, 4) is 0 Å². The van der Waals surface area contributed by atoms with E-state index >= 15 is 0 Å². The first kappa shape index (κ1) is 20.8. The van der Waals surface area contributed by atoms with Crippen LogP contribution in [-0.4, -0.2) is 30.9 Å². The van der Waals surface area contributed by atoms with Gasteiger partial charge in [0, 0.05) is 5.56 Å². The first-order valence-electron chi connectivity index (χ1n) is 8.71. The van der Waals surface area contributed by atoms with Crippen LogP contribution in [0.4, 0.5) is 18.9 Å². The number of amides is 2. The van der Waals surface area contributed by atoms with Crippen molar-refractivity contribution >= 4 is 34.2 Å². The second-order valence-corrected chi connectivity index (χ2v) is 6.18. The largest absolute Gasteiger partial charge is 0.454 e. The zero-order valence-corrected chi connectivity index (χ0v) is 15.4. The van der Waals surface area contributed by atoms with Crippen LogP contribution in [-0.2, 0) is 14.3 Å². The minimum absolute atomic E-state index is 0.341. The molecule has 0 aliphatic carbocycles. The fourth-order valence-corrected chi connectivity index (χ4v) is 2.59. The van der Waals surface area contributed by atoms with Crippen molar-refractivity contribution < 1.29 is 32.3 Å². The van der Waals surface area contributed by atoms with Crippen molar-refractivity contribution in [2.24, 2.45) is 0 Å². The third kappa shape index (κ3) is 4.93. The Kier molecular flexibility index (Phi) is 6.31. The minimum Gasteiger partial charge on any atom is -0.454 e. The average Bonchev–Trinajstić information content (AvgIpc) is 2.76. The summed E-state index contributed by atoms with van der Waals surface area (Å²) in [5, 5.41) is 6.13. The van der Waals surface area contributed by atoms with Crippen LogP contribution in [0.1, 0.15) is 10.4 Å². The molecule has 3 aromatic rings. The summed E-state index contributed by atoms with van der Waals surface area (Å²) in [5.41, 5.74) is -0.257. The molecule has 0 fully saturated rings. The van der Waals surface area contributed by atoms with Gasteiger partial charge in [-0.3, -0.25) is 14.4 Å². The van der Waals surface area contributed by atoms with E-state index in [0.29, 0.717) is 11.6 Å². The number of anilines is 1. The number of ether oxygens (including phenoxy) is 1. The van der Waals surface area contributed by atoms with Crippen molar-refractivity contribution in [1.82, 2.24) is 5.32 Å². The monoisotopic (exact) mass is 416 g/mol. The van der Waals surface area contributed by atoms with Gasteiger partial charge in [0.2, 0.25) is 0 Å². The van der Waals surface area contributed by atoms with E-state index in [1.807, 2.05) is 29.6 Å². The first-order chi connectivity index (χ1) is 14.3. The molecule has 3 aromatic carbocycles. The molecule has 0 saturated carbocycles. The lowest BCUT2D eigenvalue weighted by atomic mass is 10.1. The van der Waals surface area contributed by atoms with Crippen LogP contribution in [0.2, 0.25) is 0 Å². The summed E-state index contributed by atoms with van der Waals surface area (Å²) in [7, 11) is 0. The zero-order valence-electron chi connectivity index (χ0n) is 15.4. The predicted molar refractivity (Wildman–Crippen MR) is 102 cm³/mol. The molecule has 0 unspecified atom stereocenters. The van der Waals surface area contributed by atoms with Crippen molar-refractivity contribution in [3.05, 3.63) is 77.6 Å². The van der Waals surface area contributed by atoms with Crippen molar-refractivity contribution in [2.75, 3.05) is 18.5 Å². The molecule has 154 valence electrons. The van der Waals surface area contributed by atoms with Gasteiger partial charge in [0.25, 0.3) is 11.8 Å². The highest BCUT2D eigenvalue weighted by Gasteiger charge is 2.16. The standard InChI is InChI=1S/C21H15F3N2O4/c22-15-7-8-16(20(24)19(15)23)26-17(27)11-30-18(28)10-25-21(29)14-6-5-12-3-1-2-4-13(12)9-14/h1-9H,10-11H2,(H,25,29)(H,26,27). The molecule has 0 heterocycles. The lowest BCUT2D eigenvalue weighted by molar-refractivity contribution is -0.146. The van der Waals surface area contributed by atoms with Crippen LogP contribution in [0.3, 0.4) is 0 Å². The smallest absolute Gasteiger partial charge is 0.325 e. The van der Waals surface area contributed by atoms with Crippen LogP contribution in [0, 0.1) is 17.5 Å². The van der Waals surface area contributed by atoms with Crippen molar-refractivity contribution in [1.29, 1.82) is 0 Å². The van der Waals surface area contributed by atoms with Crippen LogP contribution >= 0.6 is 0 Å². The third-order valence-electron chi connectivity index (χ3n) is 4.08. The molecule has 0 aliphatic rings. The van der Waals surface area contributed by atoms with E-state index in [1.54, 1.807) is 18.2 Å². The number of nitrogens with one attached hydrogen (secondary N) is 2. The Balaban J connectivity index is 1.47. The summed E-state index contributed by atoms with van der Waals surface area (Å²) in [5.74, 6) is -7.09. The molecule has 0 aliphatic heterocycles. The third-order valence-corrected chi connectivity index (χ3v) is 4.08. The maximum Gasteiger partial charge on any atom is 0.325 e. The number of halogens is 3. The summed E-state index contributed by atoms with van der Waals surface area (Å²) < 4.78 is 44.2. The Morgan fingerprint density at radius 3 is 2.37 bits per heavy atom. The number of benzene rings is 3. The molecule has 0 saturated heterocycles. The first-order valence-corrected chi connectivity index (χ1v) is 8.71. The highest BCUT2D eigenvalue weighted by atomic mass is 19.2. The van der Waals surface area contributed by atoms with Gasteiger partial charge in [-0.15, -0.1) is 0 Å². The van der Waals surface area contributed by atoms with Gasteiger partial charge in [-0.25, -0.2) is 13.2 Å². The molecule has 0 radical (unpaired) electrons. The van der Waals surface area contributed by atoms with Crippen LogP contribution in [0.15, 0.2) is 54.6 Å². The molecular formula is C21H15F3N2O4. The number of hydrogen-bond donors (Lipinski definition) is 2. The van der Waals surface area contributed by atoms with Gasteiger partial charge in [0.1, 0.15) is 6.54 Å². The van der Waals surface area contributed by atoms with Gasteiger partial charge in [-0.05, 0) is 35.0 Å². The number of hydrogen-bond acceptors (Lipinski definition) is 4. The maximum atomic E-state index is 13.5. The molecule has 0 bridgehead atoms. The summed E-state index contributed by atoms with van der Waals surface area (Å²) in [4.78, 5) is 35.6. The molecular weight excluding hydrogens is 401 g/mol. The highest BCUT2D eigenvalue weighted by Crippen LogP contribution is 2.19. The number of carbonyl (C=O) groups excluding carboxylic acids is 3. The van der Waals surface area contributed by atoms with E-state index in [9.17, 15) is 27.6 Å². The second-order valence-electron chi connectivity index (χ2n) is 6.18. The Morgan fingerprint density at radius 1 is 0.867 bits per heavy atom. The minimum atomic E-state index is -1.74. The quantitative estimate of drug-likeness (QED) is 0.478. The second kappa shape index (κ2) is 9.08. The van der Waals surface area contributed by atoms with E-state index in [-0.39, 0.29) is 0 Å². The molecule has 0 atom stereocenters. The summed E-state index contributed by atoms with van der Waals surface area (Å²) in [6.07, 6.45) is 0. The molecule has 9 heteroatoms. The fourth-order valence-electron chi connectivity index (χ4n) is 2.59. The molecule has 0 aromatic heterocycles. The maximum absolute atomic E-state index is 13.5. The molecule has 6 nitrogen and oxygen atoms in total. The molecule has 30 heavy (non-hydrogen) atoms. The van der Waals surface area contributed by atoms with E-state index in [0.717, 1.165) is 16.8 Å². The number of fused-ring (bicyclic) bond motifs is 1. The average molecular weight is 416 g/mol. The zero-order chi connectivity index (χ0) is 21.7. The molecule has 2 N–H and O–H groups in total. The van der Waals surface area contributed by atoms with Gasteiger partial charge in [0.15, 0.2) is 24.1 Å². The van der Waals surface area contributed by atoms with Crippen LogP contribution < -0.4 is 10.6 Å². The van der Waals surface area contributed by atoms with Gasteiger partial charge in [-0.1, -0.05) is 30.3 Å². The van der Waals surface area contributed by atoms with Crippen molar-refractivity contribution in [3.63, 3.8) is 0 Å². The molecule has 0 spiro atoms. The Labute approximate surface area is 168 Å². The summed E-state index contributed by atoms with van der Waals surface area (Å²) in [6, 6.07) is 13.9. The summed E-state index contributed by atoms with van der Waals surface area (Å²) in [6.45, 7) is -1.30. The number of rotatable bonds is 6. The van der Waals surface area contributed by atoms with Crippen LogP contribution in [0.5, 0.6) is 0 Å². The van der Waals surface area contributed by atoms with E-state index in [1.165, 1.54) is 0 Å². The Morgan fingerprint density at radius 2 is 1.60 bits per heavy atom. The van der Waals surface area contributed by atoms with Gasteiger partial charge >= 0.3 is 5.97 Å². The fraction of sp³-hybridized carbons (Fsp3) is 0.0952. The predicted octanol–water partition coefficient (Wildman–Crippen LogP) is 3.17. The van der Waals surface area contributed by atoms with E-state index < -0.39 is 54.1 Å². The van der Waals surface area contributed by atoms with Crippen molar-refractivity contribution in [2.45, 2.75) is 0 Å². The SMILES string of the molecule is O=C(COC(=O)CNC(=O)c1ccc2ccccc2c1)Nc1ccc(F)c(F)c1F. The van der Waals surface area contributed by atoms with Gasteiger partial charge < -0.3 is 15.4 Å². The normalized spacial score (nSPS) is 10.5. The highest BCUT2D eigenvalue weighted by molar-refractivity contribution is 6.00. The Hall–Kier alpha value is -3.88. The van der Waals surface area contributed by atoms with Crippen LogP contribution in [0.25, 0.3) is 10.8 Å². The number of carbonyl (C=O) groups is 3. The number of esters is 1. The summed E-state index contributed by atoms with van der Waals surface area (Å²) >= 11 is 0. The topological polar surface area (TPSA) is 84.5 Å². The molecule has 3 rings (SSSR count). The van der Waals surface area contributed by atoms with E-state index in [4.69, 9.17) is 0 Å². The van der Waals surface area contributed by atoms with Gasteiger partial charge in [-0.2, -0.15) is 0 Å². The van der Waals surface area contributed by atoms with Gasteiger partial charge in [0.05, 0.1) is 5.69 Å². The molecule has 2 amide bonds. The lowest BCUT2D eigenvalue weighted by Gasteiger charge is -2.09. The lowest BCUT2D eigenvalue weighted by Crippen LogP contribution is -2.32.